The zero-order valence-corrected chi connectivity index (χ0v) is 16.6. The minimum atomic E-state index is -0.206. The molecular formula is C19H20N4O2S2. The van der Waals surface area contributed by atoms with Gasteiger partial charge in [0, 0.05) is 29.8 Å². The van der Waals surface area contributed by atoms with Crippen molar-refractivity contribution in [3.05, 3.63) is 57.0 Å². The van der Waals surface area contributed by atoms with Crippen LogP contribution in [0.3, 0.4) is 0 Å². The standard InChI is InChI=1S/C19H20N4O2S2/c1-2-23-8-7-15-17(9-23)27-19(21-15)22-18(24)14-5-3-4-6-16(14)25-10-13-11-26-12-20-13/h3-6,11-12H,2,7-10H2,1H3,(H,21,22,24). The number of rotatable bonds is 6. The van der Waals surface area contributed by atoms with Gasteiger partial charge in [-0.3, -0.25) is 15.0 Å². The molecule has 0 radical (unpaired) electrons. The number of ether oxygens (including phenoxy) is 1. The van der Waals surface area contributed by atoms with E-state index in [1.165, 1.54) is 16.2 Å². The zero-order valence-electron chi connectivity index (χ0n) is 15.0. The Morgan fingerprint density at radius 1 is 1.37 bits per heavy atom. The number of amides is 1. The predicted octanol–water partition coefficient (Wildman–Crippen LogP) is 3.81. The normalized spacial score (nSPS) is 14.0. The molecule has 0 atom stereocenters. The van der Waals surface area contributed by atoms with Gasteiger partial charge in [-0.15, -0.1) is 22.7 Å². The molecule has 140 valence electrons. The molecule has 1 N–H and O–H groups in total. The Morgan fingerprint density at radius 2 is 2.26 bits per heavy atom. The Bertz CT molecular complexity index is 924. The summed E-state index contributed by atoms with van der Waals surface area (Å²) in [5.74, 6) is 0.337. The first-order valence-corrected chi connectivity index (χ1v) is 10.6. The molecule has 0 bridgehead atoms. The number of aromatic nitrogens is 2. The van der Waals surface area contributed by atoms with Crippen LogP contribution in [0, 0.1) is 0 Å². The maximum Gasteiger partial charge on any atom is 0.261 e. The van der Waals surface area contributed by atoms with E-state index in [4.69, 9.17) is 4.74 Å². The molecule has 6 nitrogen and oxygen atoms in total. The Hall–Kier alpha value is -2.29. The molecule has 0 fully saturated rings. The topological polar surface area (TPSA) is 67.4 Å². The summed E-state index contributed by atoms with van der Waals surface area (Å²) in [5, 5.41) is 5.52. The number of thiazole rings is 2. The number of fused-ring (bicyclic) bond motifs is 1. The van der Waals surface area contributed by atoms with Crippen molar-refractivity contribution in [1.29, 1.82) is 0 Å². The van der Waals surface area contributed by atoms with Gasteiger partial charge in [0.2, 0.25) is 0 Å². The summed E-state index contributed by atoms with van der Waals surface area (Å²) >= 11 is 3.08. The minimum absolute atomic E-state index is 0.206. The first kappa shape index (κ1) is 18.1. The molecule has 0 aliphatic carbocycles. The minimum Gasteiger partial charge on any atom is -0.486 e. The van der Waals surface area contributed by atoms with Gasteiger partial charge in [-0.05, 0) is 18.7 Å². The second-order valence-electron chi connectivity index (χ2n) is 6.23. The molecule has 0 saturated carbocycles. The van der Waals surface area contributed by atoms with Gasteiger partial charge in [-0.1, -0.05) is 19.1 Å². The lowest BCUT2D eigenvalue weighted by molar-refractivity contribution is 0.102. The van der Waals surface area contributed by atoms with Gasteiger partial charge in [-0.25, -0.2) is 9.97 Å². The second-order valence-corrected chi connectivity index (χ2v) is 8.03. The van der Waals surface area contributed by atoms with Crippen molar-refractivity contribution < 1.29 is 9.53 Å². The first-order chi connectivity index (χ1) is 13.2. The Balaban J connectivity index is 1.46. The van der Waals surface area contributed by atoms with Crippen LogP contribution in [0.5, 0.6) is 5.75 Å². The van der Waals surface area contributed by atoms with Gasteiger partial charge < -0.3 is 4.74 Å². The molecule has 0 spiro atoms. The molecule has 1 aliphatic rings. The third kappa shape index (κ3) is 4.18. The lowest BCUT2D eigenvalue weighted by atomic mass is 10.2. The summed E-state index contributed by atoms with van der Waals surface area (Å²) in [6.45, 7) is 5.47. The van der Waals surface area contributed by atoms with E-state index < -0.39 is 0 Å². The van der Waals surface area contributed by atoms with Crippen LogP contribution in [0.4, 0.5) is 5.13 Å². The zero-order chi connectivity index (χ0) is 18.6. The van der Waals surface area contributed by atoms with E-state index in [2.05, 4.69) is 27.1 Å². The van der Waals surface area contributed by atoms with Crippen LogP contribution in [0.25, 0.3) is 0 Å². The third-order valence-electron chi connectivity index (χ3n) is 4.47. The molecular weight excluding hydrogens is 380 g/mol. The highest BCUT2D eigenvalue weighted by Gasteiger charge is 2.21. The fourth-order valence-corrected chi connectivity index (χ4v) is 4.57. The molecule has 1 aromatic carbocycles. The van der Waals surface area contributed by atoms with Crippen molar-refractivity contribution in [2.75, 3.05) is 18.4 Å². The first-order valence-electron chi connectivity index (χ1n) is 8.84. The Labute approximate surface area is 165 Å². The van der Waals surface area contributed by atoms with Gasteiger partial charge >= 0.3 is 0 Å². The van der Waals surface area contributed by atoms with Crippen molar-refractivity contribution >= 4 is 33.7 Å². The van der Waals surface area contributed by atoms with E-state index in [9.17, 15) is 4.79 Å². The predicted molar refractivity (Wildman–Crippen MR) is 108 cm³/mol. The van der Waals surface area contributed by atoms with Crippen molar-refractivity contribution in [3.63, 3.8) is 0 Å². The molecule has 1 amide bonds. The molecule has 4 rings (SSSR count). The van der Waals surface area contributed by atoms with Crippen molar-refractivity contribution in [2.45, 2.75) is 26.5 Å². The number of carbonyl (C=O) groups excluding carboxylic acids is 1. The van der Waals surface area contributed by atoms with Crippen LogP contribution < -0.4 is 10.1 Å². The average molecular weight is 401 g/mol. The Kier molecular flexibility index (Phi) is 5.47. The van der Waals surface area contributed by atoms with Gasteiger partial charge in [-0.2, -0.15) is 0 Å². The number of benzene rings is 1. The van der Waals surface area contributed by atoms with Crippen molar-refractivity contribution in [1.82, 2.24) is 14.9 Å². The maximum atomic E-state index is 12.8. The monoisotopic (exact) mass is 400 g/mol. The fraction of sp³-hybridized carbons (Fsp3) is 0.316. The van der Waals surface area contributed by atoms with Crippen LogP contribution in [-0.4, -0.2) is 33.9 Å². The molecule has 8 heteroatoms. The number of likely N-dealkylation sites (N-methyl/N-ethyl adjacent to an activating group) is 1. The molecule has 27 heavy (non-hydrogen) atoms. The number of nitrogens with zero attached hydrogens (tertiary/aromatic N) is 3. The van der Waals surface area contributed by atoms with E-state index in [0.717, 1.165) is 37.4 Å². The third-order valence-corrected chi connectivity index (χ3v) is 6.10. The van der Waals surface area contributed by atoms with E-state index in [1.54, 1.807) is 29.0 Å². The molecule has 3 aromatic rings. The van der Waals surface area contributed by atoms with Crippen LogP contribution in [0.1, 0.15) is 33.5 Å². The number of hydrogen-bond acceptors (Lipinski definition) is 7. The highest BCUT2D eigenvalue weighted by atomic mass is 32.1. The molecule has 0 saturated heterocycles. The van der Waals surface area contributed by atoms with Crippen molar-refractivity contribution in [3.8, 4) is 5.75 Å². The summed E-state index contributed by atoms with van der Waals surface area (Å²) < 4.78 is 5.81. The summed E-state index contributed by atoms with van der Waals surface area (Å²) in [4.78, 5) is 25.2. The molecule has 3 heterocycles. The fourth-order valence-electron chi connectivity index (χ4n) is 2.98. The maximum absolute atomic E-state index is 12.8. The number of hydrogen-bond donors (Lipinski definition) is 1. The lowest BCUT2D eigenvalue weighted by Crippen LogP contribution is -2.29. The summed E-state index contributed by atoms with van der Waals surface area (Å²) in [5.41, 5.74) is 4.22. The van der Waals surface area contributed by atoms with Gasteiger partial charge in [0.15, 0.2) is 5.13 Å². The number of nitrogens with one attached hydrogen (secondary N) is 1. The average Bonchev–Trinajstić information content (AvgIpc) is 3.35. The summed E-state index contributed by atoms with van der Waals surface area (Å²) in [6, 6.07) is 7.25. The van der Waals surface area contributed by atoms with Crippen LogP contribution in [-0.2, 0) is 19.6 Å². The Morgan fingerprint density at radius 3 is 3.07 bits per heavy atom. The van der Waals surface area contributed by atoms with E-state index in [0.29, 0.717) is 23.1 Å². The lowest BCUT2D eigenvalue weighted by Gasteiger charge is -2.23. The van der Waals surface area contributed by atoms with Gasteiger partial charge in [0.1, 0.15) is 12.4 Å². The highest BCUT2D eigenvalue weighted by Crippen LogP contribution is 2.29. The van der Waals surface area contributed by atoms with Crippen molar-refractivity contribution in [2.24, 2.45) is 0 Å². The van der Waals surface area contributed by atoms with E-state index >= 15 is 0 Å². The van der Waals surface area contributed by atoms with Crippen LogP contribution in [0.15, 0.2) is 35.2 Å². The number of carbonyl (C=O) groups is 1. The van der Waals surface area contributed by atoms with Crippen LogP contribution in [0.2, 0.25) is 0 Å². The summed E-state index contributed by atoms with van der Waals surface area (Å²) in [6.07, 6.45) is 0.933. The second kappa shape index (κ2) is 8.16. The smallest absolute Gasteiger partial charge is 0.261 e. The quantitative estimate of drug-likeness (QED) is 0.682. The number of para-hydroxylation sites is 1. The van der Waals surface area contributed by atoms with E-state index in [1.807, 2.05) is 17.5 Å². The SMILES string of the molecule is CCN1CCc2nc(NC(=O)c3ccccc3OCc3cscn3)sc2C1. The largest absolute Gasteiger partial charge is 0.486 e. The van der Waals surface area contributed by atoms with Gasteiger partial charge in [0.05, 0.1) is 22.5 Å². The van der Waals surface area contributed by atoms with Crippen LogP contribution >= 0.6 is 22.7 Å². The molecule has 2 aromatic heterocycles. The summed E-state index contributed by atoms with van der Waals surface area (Å²) in [7, 11) is 0. The molecule has 1 aliphatic heterocycles. The molecule has 0 unspecified atom stereocenters. The van der Waals surface area contributed by atoms with Gasteiger partial charge in [0.25, 0.3) is 5.91 Å². The highest BCUT2D eigenvalue weighted by molar-refractivity contribution is 7.15. The van der Waals surface area contributed by atoms with E-state index in [-0.39, 0.29) is 5.91 Å². The number of anilines is 1.